The zero-order valence-corrected chi connectivity index (χ0v) is 11.2. The van der Waals surface area contributed by atoms with Crippen molar-refractivity contribution in [2.24, 2.45) is 0 Å². The lowest BCUT2D eigenvalue weighted by Gasteiger charge is -2.05. The van der Waals surface area contributed by atoms with E-state index in [0.717, 1.165) is 18.5 Å². The van der Waals surface area contributed by atoms with Crippen LogP contribution in [0.1, 0.15) is 49.5 Å². The molecule has 2 aromatic rings. The monoisotopic (exact) mass is 257 g/mol. The summed E-state index contributed by atoms with van der Waals surface area (Å²) in [5, 5.41) is 7.85. The van der Waals surface area contributed by atoms with E-state index >= 15 is 0 Å². The molecule has 100 valence electrons. The molecule has 0 saturated carbocycles. The van der Waals surface area contributed by atoms with Crippen LogP contribution >= 0.6 is 0 Å². The van der Waals surface area contributed by atoms with Crippen LogP contribution in [0.25, 0.3) is 5.69 Å². The van der Waals surface area contributed by atoms with Crippen molar-refractivity contribution in [1.82, 2.24) is 15.0 Å². The Labute approximate surface area is 113 Å². The van der Waals surface area contributed by atoms with Crippen LogP contribution in [0.4, 0.5) is 0 Å². The highest BCUT2D eigenvalue weighted by molar-refractivity contribution is 5.94. The number of rotatable bonds is 7. The van der Waals surface area contributed by atoms with Crippen molar-refractivity contribution in [3.05, 3.63) is 42.2 Å². The SMILES string of the molecule is CCCCCCC(=O)c1cnnn1-c1ccccc1. The molecule has 0 spiro atoms. The summed E-state index contributed by atoms with van der Waals surface area (Å²) in [7, 11) is 0. The van der Waals surface area contributed by atoms with Gasteiger partial charge >= 0.3 is 0 Å². The number of hydrogen-bond donors (Lipinski definition) is 0. The van der Waals surface area contributed by atoms with E-state index in [2.05, 4.69) is 17.2 Å². The van der Waals surface area contributed by atoms with E-state index in [9.17, 15) is 4.79 Å². The summed E-state index contributed by atoms with van der Waals surface area (Å²) in [6.07, 6.45) is 6.53. The summed E-state index contributed by atoms with van der Waals surface area (Å²) >= 11 is 0. The lowest BCUT2D eigenvalue weighted by Crippen LogP contribution is -2.08. The van der Waals surface area contributed by atoms with E-state index in [0.29, 0.717) is 12.1 Å². The molecule has 19 heavy (non-hydrogen) atoms. The lowest BCUT2D eigenvalue weighted by atomic mass is 10.1. The first-order valence-corrected chi connectivity index (χ1v) is 6.82. The number of ketones is 1. The fraction of sp³-hybridized carbons (Fsp3) is 0.400. The molecule has 4 heteroatoms. The van der Waals surface area contributed by atoms with E-state index in [1.807, 2.05) is 30.3 Å². The molecule has 0 bridgehead atoms. The third-order valence-corrected chi connectivity index (χ3v) is 3.09. The van der Waals surface area contributed by atoms with Crippen molar-refractivity contribution < 1.29 is 4.79 Å². The zero-order valence-electron chi connectivity index (χ0n) is 11.2. The molecule has 0 aliphatic carbocycles. The topological polar surface area (TPSA) is 47.8 Å². The molecule has 1 aromatic carbocycles. The van der Waals surface area contributed by atoms with E-state index < -0.39 is 0 Å². The molecular formula is C15H19N3O. The van der Waals surface area contributed by atoms with Gasteiger partial charge in [-0.25, -0.2) is 4.68 Å². The Morgan fingerprint density at radius 1 is 1.16 bits per heavy atom. The van der Waals surface area contributed by atoms with Gasteiger partial charge in [-0.05, 0) is 18.6 Å². The molecule has 0 aliphatic rings. The highest BCUT2D eigenvalue weighted by Crippen LogP contribution is 2.12. The van der Waals surface area contributed by atoms with E-state index in [1.165, 1.54) is 12.8 Å². The molecule has 1 heterocycles. The Hall–Kier alpha value is -1.97. The average molecular weight is 257 g/mol. The Kier molecular flexibility index (Phi) is 4.84. The number of carbonyl (C=O) groups is 1. The molecule has 0 aliphatic heterocycles. The summed E-state index contributed by atoms with van der Waals surface area (Å²) < 4.78 is 1.61. The molecule has 2 rings (SSSR count). The fourth-order valence-corrected chi connectivity index (χ4v) is 2.03. The van der Waals surface area contributed by atoms with Crippen LogP contribution < -0.4 is 0 Å². The zero-order chi connectivity index (χ0) is 13.5. The standard InChI is InChI=1S/C15H19N3O/c1-2-3-4-8-11-15(19)14-12-16-17-18(14)13-9-6-5-7-10-13/h5-7,9-10,12H,2-4,8,11H2,1H3. The quantitative estimate of drug-likeness (QED) is 0.564. The van der Waals surface area contributed by atoms with E-state index in [1.54, 1.807) is 10.9 Å². The van der Waals surface area contributed by atoms with Crippen LogP contribution in [0.5, 0.6) is 0 Å². The van der Waals surface area contributed by atoms with Gasteiger partial charge in [0.2, 0.25) is 0 Å². The highest BCUT2D eigenvalue weighted by atomic mass is 16.1. The number of benzene rings is 1. The predicted molar refractivity (Wildman–Crippen MR) is 74.4 cm³/mol. The van der Waals surface area contributed by atoms with Gasteiger partial charge in [0, 0.05) is 6.42 Å². The van der Waals surface area contributed by atoms with Crippen LogP contribution in [-0.2, 0) is 0 Å². The van der Waals surface area contributed by atoms with Gasteiger partial charge in [0.15, 0.2) is 5.78 Å². The number of Topliss-reactive ketones (excluding diaryl/α,β-unsaturated/α-hetero) is 1. The van der Waals surface area contributed by atoms with Crippen molar-refractivity contribution in [3.63, 3.8) is 0 Å². The predicted octanol–water partition coefficient (Wildman–Crippen LogP) is 3.42. The minimum absolute atomic E-state index is 0.116. The Balaban J connectivity index is 2.05. The third-order valence-electron chi connectivity index (χ3n) is 3.09. The maximum atomic E-state index is 12.2. The lowest BCUT2D eigenvalue weighted by molar-refractivity contribution is 0.0971. The summed E-state index contributed by atoms with van der Waals surface area (Å²) in [6, 6.07) is 9.62. The van der Waals surface area contributed by atoms with Gasteiger partial charge in [0.05, 0.1) is 11.9 Å². The van der Waals surface area contributed by atoms with Gasteiger partial charge in [-0.3, -0.25) is 4.79 Å². The Bertz CT molecular complexity index is 519. The second kappa shape index (κ2) is 6.83. The first-order chi connectivity index (χ1) is 9.33. The second-order valence-electron chi connectivity index (χ2n) is 4.60. The van der Waals surface area contributed by atoms with Gasteiger partial charge in [-0.15, -0.1) is 5.10 Å². The summed E-state index contributed by atoms with van der Waals surface area (Å²) in [5.41, 5.74) is 1.44. The molecule has 0 amide bonds. The molecule has 0 atom stereocenters. The minimum Gasteiger partial charge on any atom is -0.292 e. The van der Waals surface area contributed by atoms with Crippen LogP contribution in [0.3, 0.4) is 0 Å². The summed E-state index contributed by atoms with van der Waals surface area (Å²) in [6.45, 7) is 2.16. The average Bonchev–Trinajstić information content (AvgIpc) is 2.94. The number of hydrogen-bond acceptors (Lipinski definition) is 3. The van der Waals surface area contributed by atoms with E-state index in [4.69, 9.17) is 0 Å². The van der Waals surface area contributed by atoms with Crippen molar-refractivity contribution >= 4 is 5.78 Å². The fourth-order valence-electron chi connectivity index (χ4n) is 2.03. The Morgan fingerprint density at radius 3 is 2.68 bits per heavy atom. The van der Waals surface area contributed by atoms with Crippen LogP contribution in [0.2, 0.25) is 0 Å². The number of nitrogens with zero attached hydrogens (tertiary/aromatic N) is 3. The normalized spacial score (nSPS) is 10.6. The third kappa shape index (κ3) is 3.50. The number of aromatic nitrogens is 3. The van der Waals surface area contributed by atoms with Crippen LogP contribution in [-0.4, -0.2) is 20.8 Å². The van der Waals surface area contributed by atoms with Gasteiger partial charge in [-0.2, -0.15) is 0 Å². The molecule has 1 aromatic heterocycles. The van der Waals surface area contributed by atoms with Gasteiger partial charge < -0.3 is 0 Å². The summed E-state index contributed by atoms with van der Waals surface area (Å²) in [5.74, 6) is 0.116. The van der Waals surface area contributed by atoms with Gasteiger partial charge in [0.1, 0.15) is 5.69 Å². The smallest absolute Gasteiger partial charge is 0.182 e. The maximum absolute atomic E-state index is 12.2. The molecule has 4 nitrogen and oxygen atoms in total. The molecular weight excluding hydrogens is 238 g/mol. The van der Waals surface area contributed by atoms with Crippen molar-refractivity contribution in [2.75, 3.05) is 0 Å². The number of carbonyl (C=O) groups excluding carboxylic acids is 1. The van der Waals surface area contributed by atoms with Crippen LogP contribution in [0.15, 0.2) is 36.5 Å². The van der Waals surface area contributed by atoms with Crippen molar-refractivity contribution in [2.45, 2.75) is 39.0 Å². The van der Waals surface area contributed by atoms with Crippen molar-refractivity contribution in [1.29, 1.82) is 0 Å². The van der Waals surface area contributed by atoms with Gasteiger partial charge in [0.25, 0.3) is 0 Å². The molecule has 0 unspecified atom stereocenters. The van der Waals surface area contributed by atoms with Crippen LogP contribution in [0, 0.1) is 0 Å². The number of para-hydroxylation sites is 1. The van der Waals surface area contributed by atoms with E-state index in [-0.39, 0.29) is 5.78 Å². The Morgan fingerprint density at radius 2 is 1.95 bits per heavy atom. The summed E-state index contributed by atoms with van der Waals surface area (Å²) in [4.78, 5) is 12.2. The second-order valence-corrected chi connectivity index (χ2v) is 4.60. The van der Waals surface area contributed by atoms with Gasteiger partial charge in [-0.1, -0.05) is 49.6 Å². The van der Waals surface area contributed by atoms with Crippen molar-refractivity contribution in [3.8, 4) is 5.69 Å². The largest absolute Gasteiger partial charge is 0.292 e. The first kappa shape index (κ1) is 13.5. The minimum atomic E-state index is 0.116. The first-order valence-electron chi connectivity index (χ1n) is 6.82. The molecule has 0 fully saturated rings. The highest BCUT2D eigenvalue weighted by Gasteiger charge is 2.13. The maximum Gasteiger partial charge on any atom is 0.182 e. The number of unbranched alkanes of at least 4 members (excludes halogenated alkanes) is 3. The molecule has 0 saturated heterocycles. The molecule has 0 radical (unpaired) electrons. The molecule has 0 N–H and O–H groups in total.